The van der Waals surface area contributed by atoms with Crippen molar-refractivity contribution in [1.29, 1.82) is 10.5 Å². The van der Waals surface area contributed by atoms with Gasteiger partial charge in [-0.3, -0.25) is 0 Å². The van der Waals surface area contributed by atoms with E-state index >= 15 is 0 Å². The summed E-state index contributed by atoms with van der Waals surface area (Å²) in [4.78, 5) is 0. The average Bonchev–Trinajstić information content (AvgIpc) is 2.48. The first-order chi connectivity index (χ1) is 9.74. The molecule has 98 valence electrons. The highest BCUT2D eigenvalue weighted by molar-refractivity contribution is 6.30. The van der Waals surface area contributed by atoms with Crippen LogP contribution in [-0.2, 0) is 6.42 Å². The molecule has 2 rings (SSSR count). The van der Waals surface area contributed by atoms with Gasteiger partial charge in [-0.25, -0.2) is 0 Å². The molecule has 20 heavy (non-hydrogen) atoms. The number of rotatable bonds is 4. The molecule has 0 aliphatic rings. The van der Waals surface area contributed by atoms with E-state index in [0.717, 1.165) is 11.1 Å². The van der Waals surface area contributed by atoms with Gasteiger partial charge in [0.25, 0.3) is 0 Å². The van der Waals surface area contributed by atoms with Gasteiger partial charge in [0.1, 0.15) is 5.92 Å². The molecular formula is C17H13ClN2. The molecule has 0 aliphatic carbocycles. The van der Waals surface area contributed by atoms with Gasteiger partial charge in [0.2, 0.25) is 0 Å². The Kier molecular flexibility index (Phi) is 4.77. The van der Waals surface area contributed by atoms with Crippen LogP contribution >= 0.6 is 11.6 Å². The van der Waals surface area contributed by atoms with Crippen molar-refractivity contribution >= 4 is 11.6 Å². The maximum Gasteiger partial charge on any atom is 0.140 e. The van der Waals surface area contributed by atoms with Crippen LogP contribution in [0.3, 0.4) is 0 Å². The van der Waals surface area contributed by atoms with Gasteiger partial charge in [0.15, 0.2) is 0 Å². The lowest BCUT2D eigenvalue weighted by Gasteiger charge is -2.18. The molecule has 1 atom stereocenters. The summed E-state index contributed by atoms with van der Waals surface area (Å²) in [6.07, 6.45) is 0.621. The predicted molar refractivity (Wildman–Crippen MR) is 79.1 cm³/mol. The Morgan fingerprint density at radius 3 is 2.25 bits per heavy atom. The minimum Gasteiger partial charge on any atom is -0.197 e. The topological polar surface area (TPSA) is 47.6 Å². The fourth-order valence-corrected chi connectivity index (χ4v) is 2.47. The number of hydrogen-bond acceptors (Lipinski definition) is 2. The highest BCUT2D eigenvalue weighted by Gasteiger charge is 2.23. The third kappa shape index (κ3) is 3.38. The first-order valence-corrected chi connectivity index (χ1v) is 6.71. The molecule has 0 N–H and O–H groups in total. The van der Waals surface area contributed by atoms with E-state index in [1.54, 1.807) is 0 Å². The predicted octanol–water partition coefficient (Wildman–Crippen LogP) is 4.33. The van der Waals surface area contributed by atoms with Crippen LogP contribution in [0.1, 0.15) is 17.0 Å². The summed E-state index contributed by atoms with van der Waals surface area (Å²) in [6.45, 7) is 0. The molecule has 0 radical (unpaired) electrons. The van der Waals surface area contributed by atoms with Gasteiger partial charge in [-0.05, 0) is 29.7 Å². The lowest BCUT2D eigenvalue weighted by Crippen LogP contribution is -2.12. The minimum absolute atomic E-state index is 0.148. The number of benzene rings is 2. The molecular weight excluding hydrogens is 268 g/mol. The summed E-state index contributed by atoms with van der Waals surface area (Å²) in [5.41, 5.74) is 2.03. The number of hydrogen-bond donors (Lipinski definition) is 0. The van der Waals surface area contributed by atoms with Gasteiger partial charge in [0, 0.05) is 10.9 Å². The van der Waals surface area contributed by atoms with Gasteiger partial charge >= 0.3 is 0 Å². The zero-order valence-corrected chi connectivity index (χ0v) is 11.6. The first-order valence-electron chi connectivity index (χ1n) is 6.33. The van der Waals surface area contributed by atoms with Crippen molar-refractivity contribution in [2.75, 3.05) is 0 Å². The molecule has 2 aromatic rings. The van der Waals surface area contributed by atoms with Crippen molar-refractivity contribution in [3.05, 3.63) is 70.7 Å². The fourth-order valence-electron chi connectivity index (χ4n) is 2.26. The molecule has 0 heterocycles. The van der Waals surface area contributed by atoms with Crippen molar-refractivity contribution < 1.29 is 0 Å². The highest BCUT2D eigenvalue weighted by Crippen LogP contribution is 2.29. The third-order valence-corrected chi connectivity index (χ3v) is 3.49. The quantitative estimate of drug-likeness (QED) is 0.837. The molecule has 0 fully saturated rings. The number of halogens is 1. The summed E-state index contributed by atoms with van der Waals surface area (Å²) in [5.74, 6) is -0.818. The summed E-state index contributed by atoms with van der Waals surface area (Å²) in [7, 11) is 0. The lowest BCUT2D eigenvalue weighted by atomic mass is 9.83. The van der Waals surface area contributed by atoms with E-state index < -0.39 is 5.92 Å². The van der Waals surface area contributed by atoms with Gasteiger partial charge < -0.3 is 0 Å². The van der Waals surface area contributed by atoms with Crippen LogP contribution in [0.25, 0.3) is 0 Å². The lowest BCUT2D eigenvalue weighted by molar-refractivity contribution is 0.608. The van der Waals surface area contributed by atoms with E-state index in [-0.39, 0.29) is 5.92 Å². The van der Waals surface area contributed by atoms with E-state index in [4.69, 9.17) is 11.6 Å². The Morgan fingerprint density at radius 1 is 0.950 bits per heavy atom. The third-order valence-electron chi connectivity index (χ3n) is 3.25. The molecule has 0 saturated carbocycles. The summed E-state index contributed by atoms with van der Waals surface area (Å²) >= 11 is 5.99. The van der Waals surface area contributed by atoms with Crippen molar-refractivity contribution in [2.45, 2.75) is 12.3 Å². The molecule has 0 spiro atoms. The van der Waals surface area contributed by atoms with Crippen molar-refractivity contribution in [1.82, 2.24) is 0 Å². The average molecular weight is 281 g/mol. The Hall–Kier alpha value is -2.29. The SMILES string of the molecule is N#CC(C#N)[C@@H](Cc1cccc(Cl)c1)c1ccccc1. The van der Waals surface area contributed by atoms with Crippen LogP contribution < -0.4 is 0 Å². The molecule has 0 unspecified atom stereocenters. The zero-order valence-electron chi connectivity index (χ0n) is 10.8. The molecule has 0 amide bonds. The molecule has 2 nitrogen and oxygen atoms in total. The van der Waals surface area contributed by atoms with Gasteiger partial charge in [-0.15, -0.1) is 0 Å². The standard InChI is InChI=1S/C17H13ClN2/c18-16-8-4-5-13(9-16)10-17(15(11-19)12-20)14-6-2-1-3-7-14/h1-9,15,17H,10H2/t17-/m0/s1. The second kappa shape index (κ2) is 6.75. The molecule has 0 aromatic heterocycles. The van der Waals surface area contributed by atoms with Crippen LogP contribution in [0.15, 0.2) is 54.6 Å². The molecule has 0 saturated heterocycles. The summed E-state index contributed by atoms with van der Waals surface area (Å²) in [5, 5.41) is 19.1. The monoisotopic (exact) mass is 280 g/mol. The van der Waals surface area contributed by atoms with Gasteiger partial charge in [0.05, 0.1) is 12.1 Å². The summed E-state index contributed by atoms with van der Waals surface area (Å²) in [6, 6.07) is 21.4. The van der Waals surface area contributed by atoms with Crippen LogP contribution in [0.4, 0.5) is 0 Å². The zero-order chi connectivity index (χ0) is 14.4. The van der Waals surface area contributed by atoms with Gasteiger partial charge in [-0.2, -0.15) is 10.5 Å². The maximum atomic E-state index is 9.19. The van der Waals surface area contributed by atoms with Crippen LogP contribution in [0, 0.1) is 28.6 Å². The largest absolute Gasteiger partial charge is 0.197 e. The normalized spacial score (nSPS) is 11.6. The summed E-state index contributed by atoms with van der Waals surface area (Å²) < 4.78 is 0. The fraction of sp³-hybridized carbons (Fsp3) is 0.176. The first kappa shape index (κ1) is 14.1. The van der Waals surface area contributed by atoms with E-state index in [1.807, 2.05) is 54.6 Å². The molecule has 2 aromatic carbocycles. The van der Waals surface area contributed by atoms with E-state index in [1.165, 1.54) is 0 Å². The molecule has 3 heteroatoms. The van der Waals surface area contributed by atoms with E-state index in [9.17, 15) is 10.5 Å². The molecule has 0 aliphatic heterocycles. The van der Waals surface area contributed by atoms with Crippen LogP contribution in [0.2, 0.25) is 5.02 Å². The van der Waals surface area contributed by atoms with E-state index in [0.29, 0.717) is 11.4 Å². The second-order valence-corrected chi connectivity index (χ2v) is 5.02. The minimum atomic E-state index is -0.670. The van der Waals surface area contributed by atoms with Crippen molar-refractivity contribution in [3.8, 4) is 12.1 Å². The van der Waals surface area contributed by atoms with Crippen LogP contribution in [-0.4, -0.2) is 0 Å². The highest BCUT2D eigenvalue weighted by atomic mass is 35.5. The van der Waals surface area contributed by atoms with Crippen molar-refractivity contribution in [2.24, 2.45) is 5.92 Å². The van der Waals surface area contributed by atoms with E-state index in [2.05, 4.69) is 12.1 Å². The molecule has 0 bridgehead atoms. The maximum absolute atomic E-state index is 9.19. The second-order valence-electron chi connectivity index (χ2n) is 4.59. The Morgan fingerprint density at radius 2 is 1.65 bits per heavy atom. The number of nitriles is 2. The smallest absolute Gasteiger partial charge is 0.140 e. The Bertz CT molecular complexity index is 639. The Labute approximate surface area is 123 Å². The van der Waals surface area contributed by atoms with Gasteiger partial charge in [-0.1, -0.05) is 54.1 Å². The van der Waals surface area contributed by atoms with Crippen LogP contribution in [0.5, 0.6) is 0 Å². The van der Waals surface area contributed by atoms with Crippen molar-refractivity contribution in [3.63, 3.8) is 0 Å². The Balaban J connectivity index is 2.33. The number of nitrogens with zero attached hydrogens (tertiary/aromatic N) is 2.